The Morgan fingerprint density at radius 3 is 2.50 bits per heavy atom. The molecular formula is C15H18O. The average molecular weight is 214 g/mol. The summed E-state index contributed by atoms with van der Waals surface area (Å²) in [7, 11) is 1.79. The van der Waals surface area contributed by atoms with Crippen LogP contribution in [0.2, 0.25) is 0 Å². The zero-order chi connectivity index (χ0) is 11.4. The van der Waals surface area contributed by atoms with Crippen LogP contribution in [0.3, 0.4) is 0 Å². The van der Waals surface area contributed by atoms with Crippen LogP contribution < -0.4 is 0 Å². The fraction of sp³-hybridized carbons (Fsp3) is 0.333. The molecule has 1 nitrogen and oxygen atoms in total. The Balaban J connectivity index is 2.29. The van der Waals surface area contributed by atoms with E-state index in [-0.39, 0.29) is 5.60 Å². The molecule has 0 heterocycles. The quantitative estimate of drug-likeness (QED) is 0.745. The number of benzene rings is 1. The second-order valence-electron chi connectivity index (χ2n) is 4.28. The van der Waals surface area contributed by atoms with E-state index in [0.29, 0.717) is 5.92 Å². The molecule has 1 aliphatic carbocycles. The van der Waals surface area contributed by atoms with Crippen molar-refractivity contribution >= 4 is 0 Å². The van der Waals surface area contributed by atoms with E-state index in [1.165, 1.54) is 5.56 Å². The first kappa shape index (κ1) is 11.2. The Morgan fingerprint density at radius 2 is 1.94 bits per heavy atom. The summed E-state index contributed by atoms with van der Waals surface area (Å²) in [6, 6.07) is 10.5. The van der Waals surface area contributed by atoms with Gasteiger partial charge in [0.15, 0.2) is 0 Å². The van der Waals surface area contributed by atoms with Gasteiger partial charge in [0, 0.05) is 13.0 Å². The van der Waals surface area contributed by atoms with Gasteiger partial charge >= 0.3 is 0 Å². The molecule has 0 aliphatic heterocycles. The smallest absolute Gasteiger partial charge is 0.0961 e. The molecule has 0 bridgehead atoms. The van der Waals surface area contributed by atoms with Gasteiger partial charge in [-0.15, -0.1) is 0 Å². The van der Waals surface area contributed by atoms with Crippen molar-refractivity contribution in [3.63, 3.8) is 0 Å². The van der Waals surface area contributed by atoms with Crippen LogP contribution in [0.4, 0.5) is 0 Å². The van der Waals surface area contributed by atoms with Crippen molar-refractivity contribution in [2.24, 2.45) is 0 Å². The summed E-state index contributed by atoms with van der Waals surface area (Å²) in [5.74, 6) is 0.361. The summed E-state index contributed by atoms with van der Waals surface area (Å²) in [5.41, 5.74) is 1.14. The van der Waals surface area contributed by atoms with Gasteiger partial charge in [0.2, 0.25) is 0 Å². The SMILES string of the molecule is COC1(C(C)c2ccccc2)C=CC=CC1. The highest BCUT2D eigenvalue weighted by Crippen LogP contribution is 2.36. The minimum absolute atomic E-state index is 0.184. The third kappa shape index (κ3) is 1.96. The molecule has 0 radical (unpaired) electrons. The molecular weight excluding hydrogens is 196 g/mol. The van der Waals surface area contributed by atoms with Crippen LogP contribution in [-0.2, 0) is 4.74 Å². The summed E-state index contributed by atoms with van der Waals surface area (Å²) >= 11 is 0. The molecule has 2 atom stereocenters. The summed E-state index contributed by atoms with van der Waals surface area (Å²) in [6.45, 7) is 2.22. The lowest BCUT2D eigenvalue weighted by Crippen LogP contribution is -2.35. The number of hydrogen-bond donors (Lipinski definition) is 0. The highest BCUT2D eigenvalue weighted by atomic mass is 16.5. The van der Waals surface area contributed by atoms with Gasteiger partial charge in [-0.25, -0.2) is 0 Å². The van der Waals surface area contributed by atoms with Crippen LogP contribution in [0.15, 0.2) is 54.6 Å². The maximum Gasteiger partial charge on any atom is 0.0961 e. The van der Waals surface area contributed by atoms with Crippen molar-refractivity contribution in [1.82, 2.24) is 0 Å². The van der Waals surface area contributed by atoms with Gasteiger partial charge in [0.25, 0.3) is 0 Å². The Morgan fingerprint density at radius 1 is 1.19 bits per heavy atom. The monoisotopic (exact) mass is 214 g/mol. The zero-order valence-corrected chi connectivity index (χ0v) is 9.89. The van der Waals surface area contributed by atoms with Crippen molar-refractivity contribution in [3.8, 4) is 0 Å². The molecule has 84 valence electrons. The topological polar surface area (TPSA) is 9.23 Å². The van der Waals surface area contributed by atoms with Crippen LogP contribution in [0.25, 0.3) is 0 Å². The lowest BCUT2D eigenvalue weighted by atomic mass is 9.79. The fourth-order valence-electron chi connectivity index (χ4n) is 2.29. The van der Waals surface area contributed by atoms with E-state index in [4.69, 9.17) is 4.74 Å². The third-order valence-electron chi connectivity index (χ3n) is 3.47. The van der Waals surface area contributed by atoms with Crippen LogP contribution >= 0.6 is 0 Å². The Kier molecular flexibility index (Phi) is 3.25. The van der Waals surface area contributed by atoms with E-state index in [2.05, 4.69) is 55.5 Å². The first-order valence-electron chi connectivity index (χ1n) is 5.73. The molecule has 0 saturated carbocycles. The van der Waals surface area contributed by atoms with E-state index in [9.17, 15) is 0 Å². The van der Waals surface area contributed by atoms with E-state index < -0.39 is 0 Å². The molecule has 2 unspecified atom stereocenters. The molecule has 0 aromatic heterocycles. The molecule has 0 amide bonds. The molecule has 16 heavy (non-hydrogen) atoms. The van der Waals surface area contributed by atoms with Crippen LogP contribution in [0.5, 0.6) is 0 Å². The molecule has 1 heteroatoms. The van der Waals surface area contributed by atoms with Crippen molar-refractivity contribution in [3.05, 3.63) is 60.2 Å². The Labute approximate surface area is 97.4 Å². The third-order valence-corrected chi connectivity index (χ3v) is 3.47. The van der Waals surface area contributed by atoms with Crippen molar-refractivity contribution in [2.75, 3.05) is 7.11 Å². The van der Waals surface area contributed by atoms with Crippen molar-refractivity contribution < 1.29 is 4.74 Å². The Bertz CT molecular complexity index is 391. The number of rotatable bonds is 3. The van der Waals surface area contributed by atoms with E-state index >= 15 is 0 Å². The summed E-state index contributed by atoms with van der Waals surface area (Å²) < 4.78 is 5.76. The predicted octanol–water partition coefficient (Wildman–Crippen LogP) is 3.69. The van der Waals surface area contributed by atoms with Crippen LogP contribution in [0.1, 0.15) is 24.8 Å². The van der Waals surface area contributed by atoms with E-state index in [1.54, 1.807) is 7.11 Å². The molecule has 1 aromatic carbocycles. The maximum atomic E-state index is 5.76. The van der Waals surface area contributed by atoms with Gasteiger partial charge in [-0.3, -0.25) is 0 Å². The van der Waals surface area contributed by atoms with Gasteiger partial charge in [-0.2, -0.15) is 0 Å². The van der Waals surface area contributed by atoms with Gasteiger partial charge in [-0.05, 0) is 12.0 Å². The highest BCUT2D eigenvalue weighted by molar-refractivity contribution is 5.29. The lowest BCUT2D eigenvalue weighted by Gasteiger charge is -2.36. The molecule has 0 saturated heterocycles. The first-order valence-corrected chi connectivity index (χ1v) is 5.73. The highest BCUT2D eigenvalue weighted by Gasteiger charge is 2.34. The second-order valence-corrected chi connectivity index (χ2v) is 4.28. The average Bonchev–Trinajstić information content (AvgIpc) is 2.39. The van der Waals surface area contributed by atoms with Gasteiger partial charge in [0.1, 0.15) is 0 Å². The number of ether oxygens (including phenoxy) is 1. The largest absolute Gasteiger partial charge is 0.373 e. The molecule has 1 aliphatic rings. The molecule has 0 spiro atoms. The number of hydrogen-bond acceptors (Lipinski definition) is 1. The minimum Gasteiger partial charge on any atom is -0.373 e. The summed E-state index contributed by atoms with van der Waals surface area (Å²) in [6.07, 6.45) is 9.44. The standard InChI is InChI=1S/C15H18O/c1-13(14-9-5-3-6-10-14)15(16-2)11-7-4-8-12-15/h3-11,13H,12H2,1-2H3. The van der Waals surface area contributed by atoms with E-state index in [0.717, 1.165) is 6.42 Å². The normalized spacial score (nSPS) is 25.6. The van der Waals surface area contributed by atoms with E-state index in [1.807, 2.05) is 6.07 Å². The number of methoxy groups -OCH3 is 1. The molecule has 2 rings (SSSR count). The van der Waals surface area contributed by atoms with Crippen LogP contribution in [-0.4, -0.2) is 12.7 Å². The lowest BCUT2D eigenvalue weighted by molar-refractivity contribution is 0.0144. The van der Waals surface area contributed by atoms with Gasteiger partial charge in [-0.1, -0.05) is 61.6 Å². The number of allylic oxidation sites excluding steroid dienone is 2. The fourth-order valence-corrected chi connectivity index (χ4v) is 2.29. The van der Waals surface area contributed by atoms with Gasteiger partial charge < -0.3 is 4.74 Å². The summed E-state index contributed by atoms with van der Waals surface area (Å²) in [5, 5.41) is 0. The Hall–Kier alpha value is -1.34. The van der Waals surface area contributed by atoms with Crippen molar-refractivity contribution in [2.45, 2.75) is 24.9 Å². The minimum atomic E-state index is -0.184. The maximum absolute atomic E-state index is 5.76. The molecule has 0 N–H and O–H groups in total. The van der Waals surface area contributed by atoms with Gasteiger partial charge in [0.05, 0.1) is 5.60 Å². The zero-order valence-electron chi connectivity index (χ0n) is 9.89. The molecule has 0 fully saturated rings. The molecule has 1 aromatic rings. The predicted molar refractivity (Wildman–Crippen MR) is 67.5 cm³/mol. The van der Waals surface area contributed by atoms with Crippen molar-refractivity contribution in [1.29, 1.82) is 0 Å². The second kappa shape index (κ2) is 4.67. The summed E-state index contributed by atoms with van der Waals surface area (Å²) in [4.78, 5) is 0. The first-order chi connectivity index (χ1) is 7.78. The van der Waals surface area contributed by atoms with Crippen LogP contribution in [0, 0.1) is 0 Å².